The van der Waals surface area contributed by atoms with Crippen LogP contribution in [-0.4, -0.2) is 29.8 Å². The van der Waals surface area contributed by atoms with Crippen molar-refractivity contribution in [1.82, 2.24) is 4.98 Å². The SMILES string of the molecule is CC1CN(c2nc(CCl)cs2)CC(C)(C)O1. The molecule has 2 heterocycles. The van der Waals surface area contributed by atoms with E-state index in [0.717, 1.165) is 23.9 Å². The number of ether oxygens (including phenoxy) is 1. The molecular weight excluding hydrogens is 244 g/mol. The predicted molar refractivity (Wildman–Crippen MR) is 68.5 cm³/mol. The summed E-state index contributed by atoms with van der Waals surface area (Å²) in [4.78, 5) is 6.80. The minimum absolute atomic E-state index is 0.107. The monoisotopic (exact) mass is 260 g/mol. The Bertz CT molecular complexity index is 367. The molecule has 5 heteroatoms. The molecule has 0 aromatic carbocycles. The third-order valence-electron chi connectivity index (χ3n) is 2.52. The molecule has 16 heavy (non-hydrogen) atoms. The average molecular weight is 261 g/mol. The summed E-state index contributed by atoms with van der Waals surface area (Å²) in [6, 6.07) is 0. The van der Waals surface area contributed by atoms with Gasteiger partial charge in [-0.3, -0.25) is 0 Å². The maximum Gasteiger partial charge on any atom is 0.185 e. The molecule has 1 aromatic heterocycles. The number of halogens is 1. The lowest BCUT2D eigenvalue weighted by Crippen LogP contribution is -2.52. The molecule has 90 valence electrons. The van der Waals surface area contributed by atoms with Gasteiger partial charge in [-0.05, 0) is 20.8 Å². The molecule has 0 N–H and O–H groups in total. The van der Waals surface area contributed by atoms with Crippen LogP contribution in [0.3, 0.4) is 0 Å². The van der Waals surface area contributed by atoms with E-state index in [1.165, 1.54) is 0 Å². The minimum atomic E-state index is -0.107. The first kappa shape index (κ1) is 12.1. The molecule has 3 nitrogen and oxygen atoms in total. The molecule has 1 atom stereocenters. The number of nitrogens with zero attached hydrogens (tertiary/aromatic N) is 2. The van der Waals surface area contributed by atoms with Crippen LogP contribution in [0.4, 0.5) is 5.13 Å². The lowest BCUT2D eigenvalue weighted by molar-refractivity contribution is -0.0749. The van der Waals surface area contributed by atoms with Gasteiger partial charge in [0.1, 0.15) is 0 Å². The van der Waals surface area contributed by atoms with E-state index in [4.69, 9.17) is 16.3 Å². The van der Waals surface area contributed by atoms with Crippen molar-refractivity contribution in [3.8, 4) is 0 Å². The van der Waals surface area contributed by atoms with E-state index in [1.807, 2.05) is 5.38 Å². The van der Waals surface area contributed by atoms with E-state index in [0.29, 0.717) is 5.88 Å². The van der Waals surface area contributed by atoms with E-state index in [1.54, 1.807) is 11.3 Å². The number of morpholine rings is 1. The highest BCUT2D eigenvalue weighted by Crippen LogP contribution is 2.28. The van der Waals surface area contributed by atoms with Crippen LogP contribution < -0.4 is 4.90 Å². The molecule has 1 aliphatic rings. The largest absolute Gasteiger partial charge is 0.369 e. The normalized spacial score (nSPS) is 24.8. The molecule has 0 aliphatic carbocycles. The molecule has 0 amide bonds. The Balaban J connectivity index is 2.14. The Hall–Kier alpha value is -0.320. The predicted octanol–water partition coefficient (Wildman–Crippen LogP) is 2.89. The smallest absolute Gasteiger partial charge is 0.185 e. The highest BCUT2D eigenvalue weighted by Gasteiger charge is 2.32. The van der Waals surface area contributed by atoms with Gasteiger partial charge in [-0.15, -0.1) is 22.9 Å². The first-order valence-electron chi connectivity index (χ1n) is 5.43. The molecule has 0 saturated carbocycles. The maximum atomic E-state index is 5.87. The summed E-state index contributed by atoms with van der Waals surface area (Å²) in [6.07, 6.45) is 0.243. The highest BCUT2D eigenvalue weighted by atomic mass is 35.5. The quantitative estimate of drug-likeness (QED) is 0.765. The minimum Gasteiger partial charge on any atom is -0.369 e. The van der Waals surface area contributed by atoms with Crippen LogP contribution in [0.25, 0.3) is 0 Å². The zero-order valence-corrected chi connectivity index (χ0v) is 11.4. The molecule has 1 saturated heterocycles. The van der Waals surface area contributed by atoms with E-state index in [2.05, 4.69) is 30.7 Å². The molecule has 0 bridgehead atoms. The van der Waals surface area contributed by atoms with Gasteiger partial charge in [0.25, 0.3) is 0 Å². The standard InChI is InChI=1S/C11H17ClN2OS/c1-8-5-14(7-11(2,3)15-8)10-13-9(4-12)6-16-10/h6,8H,4-5,7H2,1-3H3. The lowest BCUT2D eigenvalue weighted by atomic mass is 10.1. The van der Waals surface area contributed by atoms with Gasteiger partial charge in [-0.25, -0.2) is 4.98 Å². The highest BCUT2D eigenvalue weighted by molar-refractivity contribution is 7.13. The fraction of sp³-hybridized carbons (Fsp3) is 0.727. The second-order valence-electron chi connectivity index (χ2n) is 4.82. The average Bonchev–Trinajstić information content (AvgIpc) is 2.62. The van der Waals surface area contributed by atoms with Crippen LogP contribution >= 0.6 is 22.9 Å². The van der Waals surface area contributed by atoms with E-state index in [9.17, 15) is 0 Å². The van der Waals surface area contributed by atoms with Gasteiger partial charge in [0.05, 0.1) is 23.3 Å². The van der Waals surface area contributed by atoms with Crippen LogP contribution in [0.2, 0.25) is 0 Å². The van der Waals surface area contributed by atoms with E-state index in [-0.39, 0.29) is 11.7 Å². The Kier molecular flexibility index (Phi) is 3.42. The van der Waals surface area contributed by atoms with Gasteiger partial charge in [0.15, 0.2) is 5.13 Å². The first-order valence-corrected chi connectivity index (χ1v) is 6.85. The van der Waals surface area contributed by atoms with Crippen LogP contribution in [0.5, 0.6) is 0 Å². The molecule has 0 radical (unpaired) electrons. The summed E-state index contributed by atoms with van der Waals surface area (Å²) < 4.78 is 5.87. The van der Waals surface area contributed by atoms with Crippen molar-refractivity contribution < 1.29 is 4.74 Å². The van der Waals surface area contributed by atoms with Crippen molar-refractivity contribution in [3.05, 3.63) is 11.1 Å². The van der Waals surface area contributed by atoms with Crippen LogP contribution in [-0.2, 0) is 10.6 Å². The fourth-order valence-corrected chi connectivity index (χ4v) is 3.17. The molecule has 1 aromatic rings. The zero-order chi connectivity index (χ0) is 11.8. The summed E-state index contributed by atoms with van der Waals surface area (Å²) in [5.74, 6) is 0.486. The Morgan fingerprint density at radius 2 is 2.44 bits per heavy atom. The van der Waals surface area contributed by atoms with Crippen molar-refractivity contribution in [2.24, 2.45) is 0 Å². The van der Waals surface area contributed by atoms with Crippen LogP contribution in [0.1, 0.15) is 26.5 Å². The molecule has 2 rings (SSSR count). The molecule has 1 aliphatic heterocycles. The van der Waals surface area contributed by atoms with E-state index < -0.39 is 0 Å². The van der Waals surface area contributed by atoms with Gasteiger partial charge in [-0.1, -0.05) is 0 Å². The number of anilines is 1. The van der Waals surface area contributed by atoms with Crippen molar-refractivity contribution in [3.63, 3.8) is 0 Å². The van der Waals surface area contributed by atoms with Crippen LogP contribution in [0.15, 0.2) is 5.38 Å². The van der Waals surface area contributed by atoms with E-state index >= 15 is 0 Å². The molecule has 1 fully saturated rings. The zero-order valence-electron chi connectivity index (χ0n) is 9.86. The van der Waals surface area contributed by atoms with Crippen LogP contribution in [0, 0.1) is 0 Å². The second kappa shape index (κ2) is 4.51. The number of rotatable bonds is 2. The summed E-state index contributed by atoms with van der Waals surface area (Å²) in [7, 11) is 0. The number of thiazole rings is 1. The summed E-state index contributed by atoms with van der Waals surface area (Å²) >= 11 is 7.42. The lowest BCUT2D eigenvalue weighted by Gasteiger charge is -2.41. The van der Waals surface area contributed by atoms with Gasteiger partial charge in [-0.2, -0.15) is 0 Å². The Morgan fingerprint density at radius 1 is 1.69 bits per heavy atom. The van der Waals surface area contributed by atoms with Crippen molar-refractivity contribution in [2.75, 3.05) is 18.0 Å². The second-order valence-corrected chi connectivity index (χ2v) is 5.93. The van der Waals surface area contributed by atoms with Gasteiger partial charge in [0.2, 0.25) is 0 Å². The molecule has 1 unspecified atom stereocenters. The topological polar surface area (TPSA) is 25.4 Å². The van der Waals surface area contributed by atoms with Gasteiger partial charge >= 0.3 is 0 Å². The Labute approximate surface area is 105 Å². The van der Waals surface area contributed by atoms with Gasteiger partial charge in [0, 0.05) is 18.5 Å². The van der Waals surface area contributed by atoms with Gasteiger partial charge < -0.3 is 9.64 Å². The van der Waals surface area contributed by atoms with Crippen molar-refractivity contribution in [1.29, 1.82) is 0 Å². The van der Waals surface area contributed by atoms with Crippen molar-refractivity contribution >= 4 is 28.1 Å². The molecule has 0 spiro atoms. The third kappa shape index (κ3) is 2.67. The summed E-state index contributed by atoms with van der Waals surface area (Å²) in [5, 5.41) is 3.08. The summed E-state index contributed by atoms with van der Waals surface area (Å²) in [5.41, 5.74) is 0.850. The number of aromatic nitrogens is 1. The summed E-state index contributed by atoms with van der Waals surface area (Å²) in [6.45, 7) is 8.12. The van der Waals surface area contributed by atoms with Crippen molar-refractivity contribution in [2.45, 2.75) is 38.4 Å². The Morgan fingerprint density at radius 3 is 3.00 bits per heavy atom. The number of alkyl halides is 1. The fourth-order valence-electron chi connectivity index (χ4n) is 2.10. The number of hydrogen-bond acceptors (Lipinski definition) is 4. The maximum absolute atomic E-state index is 5.87. The third-order valence-corrected chi connectivity index (χ3v) is 3.74. The molecular formula is C11H17ClN2OS. The number of hydrogen-bond donors (Lipinski definition) is 0. The first-order chi connectivity index (χ1) is 7.50.